The third-order valence-corrected chi connectivity index (χ3v) is 6.40. The molecule has 5 rings (SSSR count). The molecule has 5 heterocycles. The molecule has 150 valence electrons. The van der Waals surface area contributed by atoms with E-state index in [4.69, 9.17) is 4.74 Å². The Labute approximate surface area is 169 Å². The largest absolute Gasteiger partial charge is 0.378 e. The number of carbonyl (C=O) groups is 1. The highest BCUT2D eigenvalue weighted by atomic mass is 16.5. The molecule has 0 radical (unpaired) electrons. The van der Waals surface area contributed by atoms with Gasteiger partial charge >= 0.3 is 0 Å². The Balaban J connectivity index is 1.45. The van der Waals surface area contributed by atoms with Crippen molar-refractivity contribution in [3.8, 4) is 5.82 Å². The predicted octanol–water partition coefficient (Wildman–Crippen LogP) is 2.40. The summed E-state index contributed by atoms with van der Waals surface area (Å²) in [4.78, 5) is 24.6. The molecule has 0 spiro atoms. The number of nitrogens with one attached hydrogen (secondary N) is 1. The number of pyridine rings is 2. The van der Waals surface area contributed by atoms with E-state index >= 15 is 0 Å². The minimum Gasteiger partial charge on any atom is -0.378 e. The zero-order valence-corrected chi connectivity index (χ0v) is 16.7. The van der Waals surface area contributed by atoms with Gasteiger partial charge in [-0.1, -0.05) is 6.07 Å². The van der Waals surface area contributed by atoms with E-state index in [-0.39, 0.29) is 17.5 Å². The standard InChI is InChI=1S/C22H25N5O2/c1-22-11-15(10-16(26(22)2)13-29-14-22)25-21(28)18-12-27(19-7-3-4-8-23-19)20-17(18)6-5-9-24-20/h3-9,12,15-16H,10-11,13-14H2,1-2H3,(H,25,28)/t15-,16-,22-/m0/s1. The van der Waals surface area contributed by atoms with Gasteiger partial charge < -0.3 is 10.1 Å². The molecule has 2 saturated heterocycles. The highest BCUT2D eigenvalue weighted by Crippen LogP contribution is 2.35. The van der Waals surface area contributed by atoms with Crippen molar-refractivity contribution in [2.24, 2.45) is 0 Å². The van der Waals surface area contributed by atoms with Gasteiger partial charge in [-0.2, -0.15) is 0 Å². The smallest absolute Gasteiger partial charge is 0.253 e. The summed E-state index contributed by atoms with van der Waals surface area (Å²) in [5.41, 5.74) is 1.32. The van der Waals surface area contributed by atoms with E-state index in [1.165, 1.54) is 0 Å². The number of aromatic nitrogens is 3. The maximum atomic E-state index is 13.3. The van der Waals surface area contributed by atoms with Gasteiger partial charge in [0.1, 0.15) is 11.5 Å². The lowest BCUT2D eigenvalue weighted by molar-refractivity contribution is -0.116. The summed E-state index contributed by atoms with van der Waals surface area (Å²) < 4.78 is 7.66. The van der Waals surface area contributed by atoms with Crippen LogP contribution in [0.1, 0.15) is 30.1 Å². The third-order valence-electron chi connectivity index (χ3n) is 6.40. The normalized spacial score (nSPS) is 27.1. The minimum absolute atomic E-state index is 0.0391. The number of ether oxygens (including phenoxy) is 1. The molecule has 2 aliphatic rings. The zero-order chi connectivity index (χ0) is 20.0. The van der Waals surface area contributed by atoms with Gasteiger partial charge in [-0.15, -0.1) is 0 Å². The summed E-state index contributed by atoms with van der Waals surface area (Å²) in [6.45, 7) is 3.64. The molecule has 2 bridgehead atoms. The van der Waals surface area contributed by atoms with Crippen LogP contribution in [-0.2, 0) is 4.74 Å². The maximum Gasteiger partial charge on any atom is 0.253 e. The third kappa shape index (κ3) is 3.10. The number of hydrogen-bond donors (Lipinski definition) is 1. The molecule has 1 N–H and O–H groups in total. The van der Waals surface area contributed by atoms with Crippen LogP contribution in [0, 0.1) is 0 Å². The van der Waals surface area contributed by atoms with Crippen LogP contribution in [0.4, 0.5) is 0 Å². The summed E-state index contributed by atoms with van der Waals surface area (Å²) in [5, 5.41) is 4.12. The van der Waals surface area contributed by atoms with Crippen molar-refractivity contribution in [3.63, 3.8) is 0 Å². The fraction of sp³-hybridized carbons (Fsp3) is 0.409. The average molecular weight is 391 g/mol. The molecule has 0 unspecified atom stereocenters. The fourth-order valence-electron chi connectivity index (χ4n) is 4.72. The summed E-state index contributed by atoms with van der Waals surface area (Å²) in [5.74, 6) is 0.684. The van der Waals surface area contributed by atoms with Gasteiger partial charge in [0.05, 0.1) is 18.8 Å². The Morgan fingerprint density at radius 2 is 2.10 bits per heavy atom. The van der Waals surface area contributed by atoms with Crippen LogP contribution in [0.15, 0.2) is 48.9 Å². The van der Waals surface area contributed by atoms with Crippen LogP contribution in [0.2, 0.25) is 0 Å². The van der Waals surface area contributed by atoms with Crippen molar-refractivity contribution in [1.29, 1.82) is 0 Å². The average Bonchev–Trinajstić information content (AvgIpc) is 3.10. The van der Waals surface area contributed by atoms with Crippen molar-refractivity contribution in [3.05, 3.63) is 54.5 Å². The molecular formula is C22H25N5O2. The predicted molar refractivity (Wildman–Crippen MR) is 110 cm³/mol. The Hall–Kier alpha value is -2.77. The van der Waals surface area contributed by atoms with Gasteiger partial charge in [-0.3, -0.25) is 14.3 Å². The van der Waals surface area contributed by atoms with E-state index in [2.05, 4.69) is 34.2 Å². The summed E-state index contributed by atoms with van der Waals surface area (Å²) in [7, 11) is 2.16. The molecule has 3 aromatic rings. The van der Waals surface area contributed by atoms with Gasteiger partial charge in [-0.25, -0.2) is 9.97 Å². The summed E-state index contributed by atoms with van der Waals surface area (Å²) >= 11 is 0. The monoisotopic (exact) mass is 391 g/mol. The van der Waals surface area contributed by atoms with E-state index in [1.807, 2.05) is 41.1 Å². The van der Waals surface area contributed by atoms with Crippen LogP contribution in [0.25, 0.3) is 16.9 Å². The molecule has 1 amide bonds. The van der Waals surface area contributed by atoms with E-state index in [0.29, 0.717) is 18.2 Å². The second-order valence-corrected chi connectivity index (χ2v) is 8.36. The van der Waals surface area contributed by atoms with Crippen LogP contribution in [0.5, 0.6) is 0 Å². The van der Waals surface area contributed by atoms with Crippen molar-refractivity contribution in [2.45, 2.75) is 37.4 Å². The number of hydrogen-bond acceptors (Lipinski definition) is 5. The first kappa shape index (κ1) is 18.3. The van der Waals surface area contributed by atoms with E-state index in [0.717, 1.165) is 36.3 Å². The van der Waals surface area contributed by atoms with Crippen LogP contribution in [-0.4, -0.2) is 63.2 Å². The number of nitrogens with zero attached hydrogens (tertiary/aromatic N) is 4. The number of carbonyl (C=O) groups excluding carboxylic acids is 1. The van der Waals surface area contributed by atoms with Crippen molar-refractivity contribution in [2.75, 3.05) is 20.3 Å². The SMILES string of the molecule is CN1[C@@H]2COC[C@]1(C)C[C@@H](NC(=O)c1cn(-c3ccccn3)c3ncccc13)C2. The number of amides is 1. The molecule has 7 nitrogen and oxygen atoms in total. The second-order valence-electron chi connectivity index (χ2n) is 8.36. The van der Waals surface area contributed by atoms with Crippen molar-refractivity contribution in [1.82, 2.24) is 24.8 Å². The number of likely N-dealkylation sites (N-methyl/N-ethyl adjacent to an activating group) is 1. The van der Waals surface area contributed by atoms with Crippen LogP contribution >= 0.6 is 0 Å². The molecule has 3 aromatic heterocycles. The number of piperidine rings is 1. The Morgan fingerprint density at radius 1 is 1.24 bits per heavy atom. The lowest BCUT2D eigenvalue weighted by atomic mass is 9.81. The quantitative estimate of drug-likeness (QED) is 0.742. The van der Waals surface area contributed by atoms with Crippen molar-refractivity contribution >= 4 is 16.9 Å². The molecule has 29 heavy (non-hydrogen) atoms. The van der Waals surface area contributed by atoms with Crippen LogP contribution < -0.4 is 5.32 Å². The van der Waals surface area contributed by atoms with E-state index in [1.54, 1.807) is 12.4 Å². The van der Waals surface area contributed by atoms with Crippen molar-refractivity contribution < 1.29 is 9.53 Å². The van der Waals surface area contributed by atoms with Gasteiger partial charge in [-0.05, 0) is 51.1 Å². The number of rotatable bonds is 3. The first-order valence-electron chi connectivity index (χ1n) is 10.0. The maximum absolute atomic E-state index is 13.3. The van der Waals surface area contributed by atoms with E-state index in [9.17, 15) is 4.79 Å². The minimum atomic E-state index is -0.0603. The number of morpholine rings is 1. The number of fused-ring (bicyclic) bond motifs is 3. The first-order chi connectivity index (χ1) is 14.0. The summed E-state index contributed by atoms with van der Waals surface area (Å²) in [6.07, 6.45) is 7.10. The van der Waals surface area contributed by atoms with Crippen LogP contribution in [0.3, 0.4) is 0 Å². The Morgan fingerprint density at radius 3 is 2.90 bits per heavy atom. The fourth-order valence-corrected chi connectivity index (χ4v) is 4.72. The molecule has 2 aliphatic heterocycles. The zero-order valence-electron chi connectivity index (χ0n) is 16.7. The molecule has 2 fully saturated rings. The highest BCUT2D eigenvalue weighted by molar-refractivity contribution is 6.06. The first-order valence-corrected chi connectivity index (χ1v) is 10.0. The molecule has 0 aromatic carbocycles. The lowest BCUT2D eigenvalue weighted by Crippen LogP contribution is -2.65. The van der Waals surface area contributed by atoms with Gasteiger partial charge in [0, 0.05) is 41.6 Å². The Bertz CT molecular complexity index is 1050. The second kappa shape index (κ2) is 6.93. The van der Waals surface area contributed by atoms with Gasteiger partial charge in [0.15, 0.2) is 0 Å². The van der Waals surface area contributed by atoms with E-state index < -0.39 is 0 Å². The summed E-state index contributed by atoms with van der Waals surface area (Å²) in [6, 6.07) is 9.98. The lowest BCUT2D eigenvalue weighted by Gasteiger charge is -2.53. The molecule has 3 atom stereocenters. The highest BCUT2D eigenvalue weighted by Gasteiger charge is 2.45. The molecule has 7 heteroatoms. The molecule has 0 aliphatic carbocycles. The topological polar surface area (TPSA) is 72.3 Å². The molecular weight excluding hydrogens is 366 g/mol. The van der Waals surface area contributed by atoms with Gasteiger partial charge in [0.25, 0.3) is 5.91 Å². The Kier molecular flexibility index (Phi) is 4.37. The van der Waals surface area contributed by atoms with Gasteiger partial charge in [0.2, 0.25) is 0 Å². The molecule has 0 saturated carbocycles.